The highest BCUT2D eigenvalue weighted by molar-refractivity contribution is 5.99. The standard InChI is InChI=1S/C21H20F2N2O3/c22-17-4-1-5-18(23)16(17)12-25-7-2-3-14(11-25)24-21(27)13-9-19(26)15-6-8-28-20(15)10-13/h1,4-6,8-10,14,26H,2-3,7,11-12H2,(H,24,27). The van der Waals surface area contributed by atoms with Crippen LogP contribution in [0.25, 0.3) is 11.0 Å². The number of phenols is 1. The summed E-state index contributed by atoms with van der Waals surface area (Å²) in [5, 5.41) is 13.5. The van der Waals surface area contributed by atoms with Gasteiger partial charge in [-0.15, -0.1) is 0 Å². The molecular formula is C21H20F2N2O3. The Morgan fingerprint density at radius 2 is 2.04 bits per heavy atom. The Balaban J connectivity index is 1.43. The minimum Gasteiger partial charge on any atom is -0.507 e. The molecule has 5 nitrogen and oxygen atoms in total. The summed E-state index contributed by atoms with van der Waals surface area (Å²) >= 11 is 0. The number of halogens is 2. The highest BCUT2D eigenvalue weighted by Gasteiger charge is 2.24. The van der Waals surface area contributed by atoms with Crippen LogP contribution in [0.1, 0.15) is 28.8 Å². The molecule has 4 rings (SSSR count). The van der Waals surface area contributed by atoms with Crippen LogP contribution in [0.3, 0.4) is 0 Å². The van der Waals surface area contributed by atoms with Crippen molar-refractivity contribution in [2.45, 2.75) is 25.4 Å². The summed E-state index contributed by atoms with van der Waals surface area (Å²) in [6.45, 7) is 1.36. The number of likely N-dealkylation sites (tertiary alicyclic amines) is 1. The van der Waals surface area contributed by atoms with E-state index >= 15 is 0 Å². The van der Waals surface area contributed by atoms with E-state index in [-0.39, 0.29) is 29.8 Å². The van der Waals surface area contributed by atoms with Crippen molar-refractivity contribution in [2.75, 3.05) is 13.1 Å². The number of furan rings is 1. The number of hydrogen-bond acceptors (Lipinski definition) is 4. The smallest absolute Gasteiger partial charge is 0.251 e. The van der Waals surface area contributed by atoms with Crippen molar-refractivity contribution in [3.05, 3.63) is 65.4 Å². The van der Waals surface area contributed by atoms with Crippen LogP contribution in [0, 0.1) is 11.6 Å². The van der Waals surface area contributed by atoms with Gasteiger partial charge in [-0.1, -0.05) is 6.07 Å². The number of piperidine rings is 1. The molecule has 2 aromatic carbocycles. The zero-order valence-electron chi connectivity index (χ0n) is 15.1. The lowest BCUT2D eigenvalue weighted by Gasteiger charge is -2.33. The Morgan fingerprint density at radius 3 is 2.82 bits per heavy atom. The van der Waals surface area contributed by atoms with E-state index in [1.807, 2.05) is 4.90 Å². The maximum atomic E-state index is 13.9. The number of amides is 1. The predicted molar refractivity (Wildman–Crippen MR) is 100 cm³/mol. The van der Waals surface area contributed by atoms with Crippen LogP contribution < -0.4 is 5.32 Å². The molecular weight excluding hydrogens is 366 g/mol. The molecule has 0 bridgehead atoms. The largest absolute Gasteiger partial charge is 0.507 e. The minimum atomic E-state index is -0.562. The highest BCUT2D eigenvalue weighted by atomic mass is 19.1. The van der Waals surface area contributed by atoms with Gasteiger partial charge in [0.25, 0.3) is 5.91 Å². The molecule has 7 heteroatoms. The summed E-state index contributed by atoms with van der Waals surface area (Å²) in [5.41, 5.74) is 0.783. The SMILES string of the molecule is O=C(NC1CCCN(Cc2c(F)cccc2F)C1)c1cc(O)c2ccoc2c1. The molecule has 2 N–H and O–H groups in total. The van der Waals surface area contributed by atoms with Crippen molar-refractivity contribution in [1.82, 2.24) is 10.2 Å². The van der Waals surface area contributed by atoms with Gasteiger partial charge in [-0.3, -0.25) is 9.69 Å². The van der Waals surface area contributed by atoms with E-state index in [0.717, 1.165) is 12.8 Å². The second kappa shape index (κ2) is 7.59. The summed E-state index contributed by atoms with van der Waals surface area (Å²) < 4.78 is 33.1. The van der Waals surface area contributed by atoms with Gasteiger partial charge in [0.15, 0.2) is 0 Å². The van der Waals surface area contributed by atoms with E-state index in [9.17, 15) is 18.7 Å². The van der Waals surface area contributed by atoms with Gasteiger partial charge in [-0.2, -0.15) is 0 Å². The molecule has 1 aliphatic heterocycles. The number of fused-ring (bicyclic) bond motifs is 1. The van der Waals surface area contributed by atoms with Crippen molar-refractivity contribution in [3.63, 3.8) is 0 Å². The van der Waals surface area contributed by atoms with Gasteiger partial charge in [-0.05, 0) is 49.7 Å². The van der Waals surface area contributed by atoms with Crippen LogP contribution in [0.4, 0.5) is 8.78 Å². The van der Waals surface area contributed by atoms with Crippen molar-refractivity contribution < 1.29 is 23.1 Å². The third-order valence-corrected chi connectivity index (χ3v) is 5.10. The molecule has 3 aromatic rings. The lowest BCUT2D eigenvalue weighted by Crippen LogP contribution is -2.47. The van der Waals surface area contributed by atoms with Crippen molar-refractivity contribution in [3.8, 4) is 5.75 Å². The van der Waals surface area contributed by atoms with E-state index in [1.165, 1.54) is 30.5 Å². The summed E-state index contributed by atoms with van der Waals surface area (Å²) in [4.78, 5) is 14.5. The maximum Gasteiger partial charge on any atom is 0.251 e. The average Bonchev–Trinajstić information content (AvgIpc) is 3.14. The van der Waals surface area contributed by atoms with Crippen LogP contribution in [-0.2, 0) is 6.54 Å². The monoisotopic (exact) mass is 386 g/mol. The van der Waals surface area contributed by atoms with Gasteiger partial charge in [0.2, 0.25) is 0 Å². The van der Waals surface area contributed by atoms with Gasteiger partial charge in [-0.25, -0.2) is 8.78 Å². The zero-order valence-corrected chi connectivity index (χ0v) is 15.1. The Labute approximate surface area is 160 Å². The first-order chi connectivity index (χ1) is 13.5. The number of carbonyl (C=O) groups excluding carboxylic acids is 1. The number of nitrogens with one attached hydrogen (secondary N) is 1. The molecule has 146 valence electrons. The molecule has 0 radical (unpaired) electrons. The lowest BCUT2D eigenvalue weighted by molar-refractivity contribution is 0.0899. The first-order valence-corrected chi connectivity index (χ1v) is 9.17. The molecule has 1 unspecified atom stereocenters. The summed E-state index contributed by atoms with van der Waals surface area (Å²) in [6, 6.07) is 8.32. The topological polar surface area (TPSA) is 65.7 Å². The van der Waals surface area contributed by atoms with Crippen LogP contribution in [0.5, 0.6) is 5.75 Å². The quantitative estimate of drug-likeness (QED) is 0.716. The molecule has 0 aliphatic carbocycles. The third kappa shape index (κ3) is 3.71. The number of aromatic hydroxyl groups is 1. The fourth-order valence-corrected chi connectivity index (χ4v) is 3.68. The molecule has 28 heavy (non-hydrogen) atoms. The van der Waals surface area contributed by atoms with Crippen molar-refractivity contribution in [2.24, 2.45) is 0 Å². The molecule has 1 aliphatic rings. The predicted octanol–water partition coefficient (Wildman–Crippen LogP) is 3.81. The highest BCUT2D eigenvalue weighted by Crippen LogP contribution is 2.27. The molecule has 1 atom stereocenters. The first-order valence-electron chi connectivity index (χ1n) is 9.17. The fourth-order valence-electron chi connectivity index (χ4n) is 3.68. The van der Waals surface area contributed by atoms with E-state index in [2.05, 4.69) is 5.32 Å². The third-order valence-electron chi connectivity index (χ3n) is 5.10. The maximum absolute atomic E-state index is 13.9. The number of nitrogens with zero attached hydrogens (tertiary/aromatic N) is 1. The number of phenolic OH excluding ortho intramolecular Hbond substituents is 1. The zero-order chi connectivity index (χ0) is 19.7. The van der Waals surface area contributed by atoms with Crippen LogP contribution >= 0.6 is 0 Å². The normalized spacial score (nSPS) is 17.7. The Bertz CT molecular complexity index is 998. The van der Waals surface area contributed by atoms with Crippen LogP contribution in [0.15, 0.2) is 47.1 Å². The molecule has 0 spiro atoms. The Morgan fingerprint density at radius 1 is 1.25 bits per heavy atom. The summed E-state index contributed by atoms with van der Waals surface area (Å²) in [6.07, 6.45) is 3.04. The molecule has 1 saturated heterocycles. The molecule has 1 amide bonds. The van der Waals surface area contributed by atoms with Gasteiger partial charge in [0.1, 0.15) is 23.0 Å². The molecule has 1 aromatic heterocycles. The second-order valence-corrected chi connectivity index (χ2v) is 7.08. The van der Waals surface area contributed by atoms with Gasteiger partial charge in [0.05, 0.1) is 11.6 Å². The fraction of sp³-hybridized carbons (Fsp3) is 0.286. The summed E-state index contributed by atoms with van der Waals surface area (Å²) in [7, 11) is 0. The van der Waals surface area contributed by atoms with E-state index in [4.69, 9.17) is 4.42 Å². The van der Waals surface area contributed by atoms with Crippen molar-refractivity contribution in [1.29, 1.82) is 0 Å². The van der Waals surface area contributed by atoms with E-state index in [1.54, 1.807) is 12.1 Å². The summed E-state index contributed by atoms with van der Waals surface area (Å²) in [5.74, 6) is -1.46. The Kier molecular flexibility index (Phi) is 5.00. The second-order valence-electron chi connectivity index (χ2n) is 7.08. The number of hydrogen-bond donors (Lipinski definition) is 2. The van der Waals surface area contributed by atoms with Crippen LogP contribution in [0.2, 0.25) is 0 Å². The Hall–Kier alpha value is -2.93. The molecule has 2 heterocycles. The van der Waals surface area contributed by atoms with Crippen LogP contribution in [-0.4, -0.2) is 35.0 Å². The number of benzene rings is 2. The van der Waals surface area contributed by atoms with Gasteiger partial charge < -0.3 is 14.8 Å². The molecule has 0 saturated carbocycles. The number of carbonyl (C=O) groups is 1. The van der Waals surface area contributed by atoms with Gasteiger partial charge in [0, 0.05) is 30.3 Å². The average molecular weight is 386 g/mol. The van der Waals surface area contributed by atoms with Gasteiger partial charge >= 0.3 is 0 Å². The van der Waals surface area contributed by atoms with E-state index < -0.39 is 11.6 Å². The number of rotatable bonds is 4. The molecule has 1 fully saturated rings. The van der Waals surface area contributed by atoms with Crippen molar-refractivity contribution >= 4 is 16.9 Å². The van der Waals surface area contributed by atoms with E-state index in [0.29, 0.717) is 29.6 Å². The lowest BCUT2D eigenvalue weighted by atomic mass is 10.0. The minimum absolute atomic E-state index is 0.0169. The first kappa shape index (κ1) is 18.4.